The fourth-order valence-electron chi connectivity index (χ4n) is 1.27. The number of carbonyl (C=O) groups excluding carboxylic acids is 1. The van der Waals surface area contributed by atoms with Gasteiger partial charge in [-0.2, -0.15) is 0 Å². The number of hydrogen-bond acceptors (Lipinski definition) is 2. The molecule has 1 N–H and O–H groups in total. The molecule has 2 aromatic rings. The lowest BCUT2D eigenvalue weighted by Crippen LogP contribution is -2.11. The molecule has 0 atom stereocenters. The summed E-state index contributed by atoms with van der Waals surface area (Å²) in [7, 11) is 0. The number of carbonyl (C=O) groups is 1. The Bertz CT molecular complexity index is 505. The van der Waals surface area contributed by atoms with E-state index in [1.807, 2.05) is 0 Å². The lowest BCUT2D eigenvalue weighted by atomic mass is 10.2. The van der Waals surface area contributed by atoms with Gasteiger partial charge >= 0.3 is 0 Å². The monoisotopic (exact) mass is 252 g/mol. The molecule has 1 aromatic heterocycles. The van der Waals surface area contributed by atoms with E-state index in [0.717, 1.165) is 0 Å². The Morgan fingerprint density at radius 2 is 2.06 bits per heavy atom. The minimum atomic E-state index is -0.385. The molecular weight excluding hydrogens is 243 g/mol. The molecule has 1 heterocycles. The third-order valence-corrected chi connectivity index (χ3v) is 2.01. The molecule has 0 bridgehead atoms. The molecule has 0 unspecified atom stereocenters. The van der Waals surface area contributed by atoms with Gasteiger partial charge in [-0.3, -0.25) is 9.78 Å². The van der Waals surface area contributed by atoms with Crippen LogP contribution in [0.4, 0.5) is 10.1 Å². The van der Waals surface area contributed by atoms with E-state index < -0.39 is 0 Å². The Morgan fingerprint density at radius 3 is 2.71 bits per heavy atom. The van der Waals surface area contributed by atoms with E-state index >= 15 is 0 Å². The Labute approximate surface area is 104 Å². The van der Waals surface area contributed by atoms with Gasteiger partial charge in [0.2, 0.25) is 0 Å². The highest BCUT2D eigenvalue weighted by Crippen LogP contribution is 2.10. The Balaban J connectivity index is 0.00000144. The van der Waals surface area contributed by atoms with Gasteiger partial charge in [-0.25, -0.2) is 4.39 Å². The molecule has 0 radical (unpaired) electrons. The standard InChI is InChI=1S/C12H9FN2O.ClH/c13-10-4-1-5-11(7-10)15-12(16)9-3-2-6-14-8-9;/h1-8H,(H,15,16);1H. The summed E-state index contributed by atoms with van der Waals surface area (Å²) in [5, 5.41) is 2.58. The number of nitrogens with zero attached hydrogens (tertiary/aromatic N) is 1. The second-order valence-electron chi connectivity index (χ2n) is 3.21. The van der Waals surface area contributed by atoms with E-state index in [2.05, 4.69) is 10.3 Å². The highest BCUT2D eigenvalue weighted by atomic mass is 35.5. The number of pyridine rings is 1. The van der Waals surface area contributed by atoms with Crippen molar-refractivity contribution in [2.45, 2.75) is 0 Å². The van der Waals surface area contributed by atoms with E-state index in [9.17, 15) is 9.18 Å². The number of halogens is 2. The molecular formula is C12H10ClFN2O. The first-order chi connectivity index (χ1) is 7.75. The van der Waals surface area contributed by atoms with Gasteiger partial charge in [0.1, 0.15) is 5.82 Å². The molecule has 0 saturated carbocycles. The number of amides is 1. The van der Waals surface area contributed by atoms with Gasteiger partial charge in [0.05, 0.1) is 5.56 Å². The number of anilines is 1. The lowest BCUT2D eigenvalue weighted by Gasteiger charge is -2.04. The Morgan fingerprint density at radius 1 is 1.24 bits per heavy atom. The molecule has 3 nitrogen and oxygen atoms in total. The summed E-state index contributed by atoms with van der Waals surface area (Å²) in [4.78, 5) is 15.5. The van der Waals surface area contributed by atoms with Crippen LogP contribution in [-0.2, 0) is 0 Å². The first kappa shape index (κ1) is 13.1. The first-order valence-electron chi connectivity index (χ1n) is 4.72. The van der Waals surface area contributed by atoms with Crippen LogP contribution in [0.25, 0.3) is 0 Å². The summed E-state index contributed by atoms with van der Waals surface area (Å²) in [5.41, 5.74) is 0.862. The molecule has 0 aliphatic heterocycles. The lowest BCUT2D eigenvalue weighted by molar-refractivity contribution is 0.102. The maximum Gasteiger partial charge on any atom is 0.257 e. The fraction of sp³-hybridized carbons (Fsp3) is 0. The van der Waals surface area contributed by atoms with Crippen LogP contribution < -0.4 is 5.32 Å². The smallest absolute Gasteiger partial charge is 0.257 e. The van der Waals surface area contributed by atoms with Crippen molar-refractivity contribution in [1.82, 2.24) is 4.98 Å². The number of hydrogen-bond donors (Lipinski definition) is 1. The fourth-order valence-corrected chi connectivity index (χ4v) is 1.27. The highest BCUT2D eigenvalue weighted by molar-refractivity contribution is 6.03. The number of nitrogens with one attached hydrogen (secondary N) is 1. The molecule has 0 fully saturated rings. The van der Waals surface area contributed by atoms with Gasteiger partial charge in [-0.05, 0) is 30.3 Å². The largest absolute Gasteiger partial charge is 0.322 e. The van der Waals surface area contributed by atoms with Crippen molar-refractivity contribution in [3.8, 4) is 0 Å². The minimum absolute atomic E-state index is 0. The van der Waals surface area contributed by atoms with Crippen LogP contribution in [-0.4, -0.2) is 10.9 Å². The van der Waals surface area contributed by atoms with Gasteiger partial charge < -0.3 is 5.32 Å². The third-order valence-electron chi connectivity index (χ3n) is 2.01. The highest BCUT2D eigenvalue weighted by Gasteiger charge is 2.05. The molecule has 88 valence electrons. The summed E-state index contributed by atoms with van der Waals surface area (Å²) < 4.78 is 12.9. The maximum absolute atomic E-state index is 12.9. The number of rotatable bonds is 2. The molecule has 0 aliphatic rings. The van der Waals surface area contributed by atoms with E-state index in [4.69, 9.17) is 0 Å². The van der Waals surface area contributed by atoms with Crippen molar-refractivity contribution < 1.29 is 9.18 Å². The average Bonchev–Trinajstić information content (AvgIpc) is 2.30. The van der Waals surface area contributed by atoms with E-state index in [1.54, 1.807) is 24.4 Å². The van der Waals surface area contributed by atoms with Gasteiger partial charge in [-0.1, -0.05) is 6.07 Å². The van der Waals surface area contributed by atoms with Crippen molar-refractivity contribution in [3.63, 3.8) is 0 Å². The van der Waals surface area contributed by atoms with Gasteiger partial charge in [0.25, 0.3) is 5.91 Å². The molecule has 17 heavy (non-hydrogen) atoms. The second-order valence-corrected chi connectivity index (χ2v) is 3.21. The summed E-state index contributed by atoms with van der Waals surface area (Å²) in [5.74, 6) is -0.692. The Kier molecular flexibility index (Phi) is 4.60. The average molecular weight is 253 g/mol. The van der Waals surface area contributed by atoms with Crippen LogP contribution in [0.5, 0.6) is 0 Å². The van der Waals surface area contributed by atoms with Crippen molar-refractivity contribution in [1.29, 1.82) is 0 Å². The van der Waals surface area contributed by atoms with Gasteiger partial charge in [0.15, 0.2) is 0 Å². The molecule has 0 spiro atoms. The maximum atomic E-state index is 12.9. The van der Waals surface area contributed by atoms with E-state index in [1.165, 1.54) is 24.4 Å². The molecule has 5 heteroatoms. The SMILES string of the molecule is Cl.O=C(Nc1cccc(F)c1)c1cccnc1. The predicted octanol–water partition coefficient (Wildman–Crippen LogP) is 2.89. The van der Waals surface area contributed by atoms with Crippen molar-refractivity contribution >= 4 is 24.0 Å². The molecule has 2 rings (SSSR count). The molecule has 0 saturated heterocycles. The van der Waals surface area contributed by atoms with Gasteiger partial charge in [0, 0.05) is 18.1 Å². The molecule has 0 aliphatic carbocycles. The third kappa shape index (κ3) is 3.53. The number of benzene rings is 1. The summed E-state index contributed by atoms with van der Waals surface area (Å²) >= 11 is 0. The topological polar surface area (TPSA) is 42.0 Å². The zero-order chi connectivity index (χ0) is 11.4. The van der Waals surface area contributed by atoms with Crippen LogP contribution in [0.3, 0.4) is 0 Å². The van der Waals surface area contributed by atoms with Crippen molar-refractivity contribution in [2.75, 3.05) is 5.32 Å². The van der Waals surface area contributed by atoms with E-state index in [0.29, 0.717) is 11.3 Å². The quantitative estimate of drug-likeness (QED) is 0.893. The first-order valence-corrected chi connectivity index (χ1v) is 4.72. The van der Waals surface area contributed by atoms with Crippen molar-refractivity contribution in [2.24, 2.45) is 0 Å². The number of aromatic nitrogens is 1. The van der Waals surface area contributed by atoms with Crippen LogP contribution >= 0.6 is 12.4 Å². The Hall–Kier alpha value is -1.94. The second kappa shape index (κ2) is 5.96. The van der Waals surface area contributed by atoms with Crippen molar-refractivity contribution in [3.05, 3.63) is 60.2 Å². The van der Waals surface area contributed by atoms with Crippen LogP contribution in [0.2, 0.25) is 0 Å². The predicted molar refractivity (Wildman–Crippen MR) is 65.8 cm³/mol. The summed E-state index contributed by atoms with van der Waals surface area (Å²) in [6.07, 6.45) is 3.04. The summed E-state index contributed by atoms with van der Waals surface area (Å²) in [6.45, 7) is 0. The minimum Gasteiger partial charge on any atom is -0.322 e. The molecule has 1 aromatic carbocycles. The van der Waals surface area contributed by atoms with Crippen LogP contribution in [0, 0.1) is 5.82 Å². The molecule has 1 amide bonds. The zero-order valence-electron chi connectivity index (χ0n) is 8.76. The normalized spacial score (nSPS) is 9.24. The van der Waals surface area contributed by atoms with E-state index in [-0.39, 0.29) is 24.1 Å². The van der Waals surface area contributed by atoms with Crippen LogP contribution in [0.1, 0.15) is 10.4 Å². The van der Waals surface area contributed by atoms with Crippen LogP contribution in [0.15, 0.2) is 48.8 Å². The zero-order valence-corrected chi connectivity index (χ0v) is 9.58. The van der Waals surface area contributed by atoms with Gasteiger partial charge in [-0.15, -0.1) is 12.4 Å². The summed E-state index contributed by atoms with van der Waals surface area (Å²) in [6, 6.07) is 9.04.